The molecule has 0 N–H and O–H groups in total. The smallest absolute Gasteiger partial charge is 0.422 e. The Morgan fingerprint density at radius 1 is 1.27 bits per heavy atom. The lowest BCUT2D eigenvalue weighted by atomic mass is 10.0. The molecule has 0 bridgehead atoms. The number of benzene rings is 1. The zero-order valence-corrected chi connectivity index (χ0v) is 12.5. The highest BCUT2D eigenvalue weighted by molar-refractivity contribution is 5.88. The van der Waals surface area contributed by atoms with Crippen molar-refractivity contribution in [3.05, 3.63) is 36.2 Å². The summed E-state index contributed by atoms with van der Waals surface area (Å²) in [5.74, 6) is 1.99. The largest absolute Gasteiger partial charge is 0.482 e. The monoisotopic (exact) mass is 309 g/mol. The predicted octanol–water partition coefficient (Wildman–Crippen LogP) is 4.94. The quantitative estimate of drug-likeness (QED) is 0.798. The van der Waals surface area contributed by atoms with Crippen LogP contribution in [0.3, 0.4) is 0 Å². The average Bonchev–Trinajstić information content (AvgIpc) is 3.24. The van der Waals surface area contributed by atoms with Crippen molar-refractivity contribution in [2.24, 2.45) is 11.8 Å². The first-order valence-corrected chi connectivity index (χ1v) is 7.42. The molecule has 1 saturated carbocycles. The first-order valence-electron chi connectivity index (χ1n) is 7.42. The van der Waals surface area contributed by atoms with Crippen LogP contribution in [0.4, 0.5) is 13.2 Å². The van der Waals surface area contributed by atoms with Crippen molar-refractivity contribution >= 4 is 10.8 Å². The molecule has 5 heteroatoms. The van der Waals surface area contributed by atoms with Crippen LogP contribution in [0.5, 0.6) is 5.75 Å². The van der Waals surface area contributed by atoms with Crippen LogP contribution in [-0.2, 0) is 0 Å². The Morgan fingerprint density at radius 2 is 2.05 bits per heavy atom. The third-order valence-electron chi connectivity index (χ3n) is 4.26. The van der Waals surface area contributed by atoms with E-state index in [1.54, 1.807) is 6.20 Å². The Morgan fingerprint density at radius 3 is 2.68 bits per heavy atom. The highest BCUT2D eigenvalue weighted by atomic mass is 19.4. The molecule has 1 aromatic carbocycles. The molecule has 1 heterocycles. The number of ether oxygens (including phenoxy) is 1. The minimum Gasteiger partial charge on any atom is -0.482 e. The lowest BCUT2D eigenvalue weighted by Gasteiger charge is -2.12. The van der Waals surface area contributed by atoms with Gasteiger partial charge in [0.1, 0.15) is 5.75 Å². The number of hydrogen-bond donors (Lipinski definition) is 0. The summed E-state index contributed by atoms with van der Waals surface area (Å²) >= 11 is 0. The molecule has 2 aromatic rings. The Balaban J connectivity index is 1.89. The predicted molar refractivity (Wildman–Crippen MR) is 79.0 cm³/mol. The third kappa shape index (κ3) is 3.18. The average molecular weight is 309 g/mol. The minimum atomic E-state index is -4.35. The van der Waals surface area contributed by atoms with E-state index >= 15 is 0 Å². The van der Waals surface area contributed by atoms with Crippen LogP contribution >= 0.6 is 0 Å². The summed E-state index contributed by atoms with van der Waals surface area (Å²) in [6, 6.07) is 5.91. The molecule has 22 heavy (non-hydrogen) atoms. The van der Waals surface area contributed by atoms with Crippen molar-refractivity contribution in [3.63, 3.8) is 0 Å². The molecule has 0 saturated heterocycles. The van der Waals surface area contributed by atoms with Gasteiger partial charge in [-0.1, -0.05) is 26.0 Å². The van der Waals surface area contributed by atoms with E-state index in [1.807, 2.05) is 18.2 Å². The van der Waals surface area contributed by atoms with Crippen LogP contribution in [0.15, 0.2) is 30.6 Å². The van der Waals surface area contributed by atoms with E-state index in [4.69, 9.17) is 4.74 Å². The van der Waals surface area contributed by atoms with Gasteiger partial charge in [0.2, 0.25) is 0 Å². The fourth-order valence-corrected chi connectivity index (χ4v) is 2.99. The van der Waals surface area contributed by atoms with Gasteiger partial charge in [-0.2, -0.15) is 13.2 Å². The fraction of sp³-hybridized carbons (Fsp3) is 0.471. The van der Waals surface area contributed by atoms with Crippen LogP contribution in [0, 0.1) is 11.8 Å². The van der Waals surface area contributed by atoms with E-state index in [0.717, 1.165) is 11.8 Å². The molecular formula is C17H18F3NO. The van der Waals surface area contributed by atoms with Crippen molar-refractivity contribution in [2.75, 3.05) is 6.61 Å². The van der Waals surface area contributed by atoms with Crippen LogP contribution in [0.1, 0.15) is 31.7 Å². The van der Waals surface area contributed by atoms with Gasteiger partial charge >= 0.3 is 6.18 Å². The highest BCUT2D eigenvalue weighted by Crippen LogP contribution is 2.52. The summed E-state index contributed by atoms with van der Waals surface area (Å²) in [7, 11) is 0. The van der Waals surface area contributed by atoms with Gasteiger partial charge in [0, 0.05) is 17.0 Å². The minimum absolute atomic E-state index is 0.193. The summed E-state index contributed by atoms with van der Waals surface area (Å²) in [5.41, 5.74) is 1.18. The number of halogens is 3. The first-order chi connectivity index (χ1) is 10.3. The van der Waals surface area contributed by atoms with Crippen LogP contribution in [0.2, 0.25) is 0 Å². The number of pyridine rings is 1. The highest BCUT2D eigenvalue weighted by Gasteiger charge is 2.40. The Bertz CT molecular complexity index is 681. The Hall–Kier alpha value is -1.78. The van der Waals surface area contributed by atoms with E-state index < -0.39 is 12.8 Å². The normalized spacial score (nSPS) is 21.4. The molecule has 1 fully saturated rings. The van der Waals surface area contributed by atoms with E-state index in [0.29, 0.717) is 23.1 Å². The maximum atomic E-state index is 12.4. The Kier molecular flexibility index (Phi) is 3.75. The molecule has 2 nitrogen and oxygen atoms in total. The van der Waals surface area contributed by atoms with Gasteiger partial charge in [-0.3, -0.25) is 4.98 Å². The van der Waals surface area contributed by atoms with Gasteiger partial charge in [0.25, 0.3) is 0 Å². The van der Waals surface area contributed by atoms with E-state index in [1.165, 1.54) is 11.8 Å². The lowest BCUT2D eigenvalue weighted by Crippen LogP contribution is -2.19. The van der Waals surface area contributed by atoms with Crippen molar-refractivity contribution in [3.8, 4) is 5.75 Å². The van der Waals surface area contributed by atoms with Gasteiger partial charge in [0.05, 0.1) is 6.20 Å². The SMILES string of the molecule is CC(C)[C@H]1C[C@@H]1c1ccc2cncc(OCC(F)(F)F)c2c1. The second-order valence-electron chi connectivity index (χ2n) is 6.27. The van der Waals surface area contributed by atoms with Gasteiger partial charge in [-0.25, -0.2) is 0 Å². The van der Waals surface area contributed by atoms with E-state index in [2.05, 4.69) is 18.8 Å². The standard InChI is InChI=1S/C17H18F3NO/c1-10(2)13-6-14(13)11-3-4-12-7-21-8-16(15(12)5-11)22-9-17(18,19)20/h3-5,7-8,10,13-14H,6,9H2,1-2H3/t13-,14-/m1/s1. The van der Waals surface area contributed by atoms with Gasteiger partial charge < -0.3 is 4.74 Å². The fourth-order valence-electron chi connectivity index (χ4n) is 2.99. The lowest BCUT2D eigenvalue weighted by molar-refractivity contribution is -0.153. The summed E-state index contributed by atoms with van der Waals surface area (Å²) in [4.78, 5) is 3.95. The van der Waals surface area contributed by atoms with Crippen molar-refractivity contribution < 1.29 is 17.9 Å². The molecule has 0 amide bonds. The van der Waals surface area contributed by atoms with Gasteiger partial charge in [0.15, 0.2) is 6.61 Å². The molecule has 118 valence electrons. The maximum absolute atomic E-state index is 12.4. The van der Waals surface area contributed by atoms with Crippen LogP contribution in [-0.4, -0.2) is 17.8 Å². The summed E-state index contributed by atoms with van der Waals surface area (Å²) < 4.78 is 42.0. The number of hydrogen-bond acceptors (Lipinski definition) is 2. The Labute approximate surface area is 127 Å². The number of nitrogens with zero attached hydrogens (tertiary/aromatic N) is 1. The molecule has 0 aliphatic heterocycles. The zero-order chi connectivity index (χ0) is 15.9. The van der Waals surface area contributed by atoms with Crippen molar-refractivity contribution in [2.45, 2.75) is 32.4 Å². The van der Waals surface area contributed by atoms with Crippen molar-refractivity contribution in [1.82, 2.24) is 4.98 Å². The number of fused-ring (bicyclic) bond motifs is 1. The number of aromatic nitrogens is 1. The zero-order valence-electron chi connectivity index (χ0n) is 12.5. The van der Waals surface area contributed by atoms with Crippen LogP contribution in [0.25, 0.3) is 10.8 Å². The second kappa shape index (κ2) is 5.45. The van der Waals surface area contributed by atoms with E-state index in [-0.39, 0.29) is 5.75 Å². The maximum Gasteiger partial charge on any atom is 0.422 e. The molecule has 0 unspecified atom stereocenters. The number of alkyl halides is 3. The summed E-state index contributed by atoms with van der Waals surface area (Å²) in [5, 5.41) is 1.50. The van der Waals surface area contributed by atoms with Crippen molar-refractivity contribution in [1.29, 1.82) is 0 Å². The summed E-state index contributed by atoms with van der Waals surface area (Å²) in [6.45, 7) is 3.11. The van der Waals surface area contributed by atoms with Gasteiger partial charge in [-0.15, -0.1) is 0 Å². The van der Waals surface area contributed by atoms with E-state index in [9.17, 15) is 13.2 Å². The summed E-state index contributed by atoms with van der Waals surface area (Å²) in [6.07, 6.45) is -0.205. The molecule has 2 atom stereocenters. The molecule has 1 aromatic heterocycles. The van der Waals surface area contributed by atoms with Gasteiger partial charge in [-0.05, 0) is 35.8 Å². The molecule has 3 rings (SSSR count). The second-order valence-corrected chi connectivity index (χ2v) is 6.27. The third-order valence-corrected chi connectivity index (χ3v) is 4.26. The number of rotatable bonds is 4. The molecule has 0 radical (unpaired) electrons. The van der Waals surface area contributed by atoms with Crippen LogP contribution < -0.4 is 4.74 Å². The first kappa shape index (κ1) is 15.1. The molecule has 1 aliphatic carbocycles. The molecular weight excluding hydrogens is 291 g/mol. The topological polar surface area (TPSA) is 22.1 Å². The molecule has 0 spiro atoms. The molecule has 1 aliphatic rings.